The molecule has 0 atom stereocenters. The molecule has 0 aliphatic carbocycles. The molecule has 0 aromatic rings. The largest absolute Gasteiger partial charge is 0.292 e. The molecule has 0 bridgehead atoms. The molecule has 2 N–H and O–H groups in total. The fourth-order valence-corrected chi connectivity index (χ4v) is 0.620. The van der Waals surface area contributed by atoms with Crippen molar-refractivity contribution in [1.29, 1.82) is 0 Å². The maximum absolute atomic E-state index is 10.1. The lowest BCUT2D eigenvalue weighted by Gasteiger charge is -1.83. The average Bonchev–Trinajstić information content (AvgIpc) is 2.63. The number of carbonyl (C=O) groups is 2. The highest BCUT2D eigenvalue weighted by atomic mass is 16.2. The zero-order valence-corrected chi connectivity index (χ0v) is 6.28. The van der Waals surface area contributed by atoms with E-state index in [4.69, 9.17) is 0 Å². The van der Waals surface area contributed by atoms with E-state index in [0.717, 1.165) is 6.54 Å². The third-order valence-corrected chi connectivity index (χ3v) is 1.14. The zero-order chi connectivity index (χ0) is 8.81. The summed E-state index contributed by atoms with van der Waals surface area (Å²) in [5.41, 5.74) is 5.10. The van der Waals surface area contributed by atoms with E-state index < -0.39 is 0 Å². The summed E-state index contributed by atoms with van der Waals surface area (Å²) in [7, 11) is 0. The minimum absolute atomic E-state index is 0.0926. The Morgan fingerprint density at radius 3 is 2.42 bits per heavy atom. The number of nitrogens with one attached hydrogen (secondary N) is 2. The first-order valence-electron chi connectivity index (χ1n) is 3.42. The normalized spacial score (nSPS) is 19.0. The lowest BCUT2D eigenvalue weighted by molar-refractivity contribution is -0.119. The fourth-order valence-electron chi connectivity index (χ4n) is 0.620. The summed E-state index contributed by atoms with van der Waals surface area (Å²) in [5.74, 6) is -0.176. The van der Waals surface area contributed by atoms with Gasteiger partial charge in [0.15, 0.2) is 0 Å². The predicted octanol–water partition coefficient (Wildman–Crippen LogP) is -0.497. The number of hydrogen-bond acceptors (Lipinski definition) is 4. The lowest BCUT2D eigenvalue weighted by atomic mass is 10.5. The van der Waals surface area contributed by atoms with Gasteiger partial charge in [0, 0.05) is 19.0 Å². The summed E-state index contributed by atoms with van der Waals surface area (Å²) < 4.78 is 0. The van der Waals surface area contributed by atoms with Crippen LogP contribution in [0.2, 0.25) is 0 Å². The van der Waals surface area contributed by atoms with E-state index in [1.54, 1.807) is 0 Å². The standard InChI is InChI=1S/C3H6N2O.C3H2N2O/c2*6-3-1-2-4-5-3/h4H,1-2H2,(H,5,6);1-2H. The van der Waals surface area contributed by atoms with Crippen LogP contribution in [0.15, 0.2) is 22.5 Å². The Kier molecular flexibility index (Phi) is 3.09. The Balaban J connectivity index is 0.000000120. The molecule has 2 amide bonds. The Morgan fingerprint density at radius 2 is 2.25 bits per heavy atom. The molecule has 0 unspecified atom stereocenters. The van der Waals surface area contributed by atoms with Crippen molar-refractivity contribution in [1.82, 2.24) is 10.9 Å². The highest BCUT2D eigenvalue weighted by Gasteiger charge is 2.04. The number of rotatable bonds is 0. The third-order valence-electron chi connectivity index (χ3n) is 1.14. The maximum Gasteiger partial charge on any atom is 0.289 e. The molecule has 6 heteroatoms. The van der Waals surface area contributed by atoms with Crippen LogP contribution in [0.1, 0.15) is 6.42 Å². The minimum atomic E-state index is -0.269. The molecule has 6 nitrogen and oxygen atoms in total. The van der Waals surface area contributed by atoms with Gasteiger partial charge in [-0.15, -0.1) is 5.11 Å². The summed E-state index contributed by atoms with van der Waals surface area (Å²) in [6.45, 7) is 0.777. The van der Waals surface area contributed by atoms with Gasteiger partial charge in [0.1, 0.15) is 0 Å². The van der Waals surface area contributed by atoms with Crippen molar-refractivity contribution in [3.05, 3.63) is 12.3 Å². The maximum atomic E-state index is 10.1. The van der Waals surface area contributed by atoms with E-state index in [-0.39, 0.29) is 11.8 Å². The van der Waals surface area contributed by atoms with E-state index >= 15 is 0 Å². The van der Waals surface area contributed by atoms with Gasteiger partial charge in [-0.05, 0) is 0 Å². The van der Waals surface area contributed by atoms with Gasteiger partial charge in [-0.25, -0.2) is 5.43 Å². The van der Waals surface area contributed by atoms with Crippen LogP contribution in [-0.4, -0.2) is 18.4 Å². The average molecular weight is 168 g/mol. The molecule has 0 spiro atoms. The molecule has 64 valence electrons. The summed E-state index contributed by atoms with van der Waals surface area (Å²) in [4.78, 5) is 20.0. The summed E-state index contributed by atoms with van der Waals surface area (Å²) in [6, 6.07) is 0. The van der Waals surface area contributed by atoms with Gasteiger partial charge in [0.2, 0.25) is 5.91 Å². The summed E-state index contributed by atoms with van der Waals surface area (Å²) in [5, 5.41) is 6.37. The number of hydrazine groups is 1. The van der Waals surface area contributed by atoms with Gasteiger partial charge >= 0.3 is 0 Å². The van der Waals surface area contributed by atoms with Crippen molar-refractivity contribution >= 4 is 11.8 Å². The molecule has 1 saturated heterocycles. The van der Waals surface area contributed by atoms with Crippen LogP contribution in [0, 0.1) is 0 Å². The molecule has 2 rings (SSSR count). The SMILES string of the molecule is O=C1C=CN=N1.O=C1CCNN1. The van der Waals surface area contributed by atoms with Crippen LogP contribution in [0.25, 0.3) is 0 Å². The first-order chi connectivity index (χ1) is 5.79. The molecule has 2 aliphatic heterocycles. The number of carbonyl (C=O) groups excluding carboxylic acids is 2. The van der Waals surface area contributed by atoms with Gasteiger partial charge in [0.25, 0.3) is 5.91 Å². The second-order valence-corrected chi connectivity index (χ2v) is 2.09. The number of hydrogen-bond donors (Lipinski definition) is 2. The Morgan fingerprint density at radius 1 is 1.42 bits per heavy atom. The smallest absolute Gasteiger partial charge is 0.289 e. The topological polar surface area (TPSA) is 82.9 Å². The van der Waals surface area contributed by atoms with Crippen molar-refractivity contribution in [2.75, 3.05) is 6.54 Å². The summed E-state index contributed by atoms with van der Waals surface area (Å²) in [6.07, 6.45) is 3.29. The second-order valence-electron chi connectivity index (χ2n) is 2.09. The van der Waals surface area contributed by atoms with Crippen LogP contribution in [0.5, 0.6) is 0 Å². The van der Waals surface area contributed by atoms with Gasteiger partial charge < -0.3 is 0 Å². The number of nitrogens with zero attached hydrogens (tertiary/aromatic N) is 2. The van der Waals surface area contributed by atoms with Crippen molar-refractivity contribution in [3.63, 3.8) is 0 Å². The van der Waals surface area contributed by atoms with Crippen LogP contribution in [0.4, 0.5) is 0 Å². The van der Waals surface area contributed by atoms with Crippen LogP contribution in [0.3, 0.4) is 0 Å². The van der Waals surface area contributed by atoms with Gasteiger partial charge in [-0.3, -0.25) is 15.0 Å². The summed E-state index contributed by atoms with van der Waals surface area (Å²) >= 11 is 0. The molecular formula is C6H8N4O2. The van der Waals surface area contributed by atoms with Crippen LogP contribution in [-0.2, 0) is 9.59 Å². The molecule has 0 saturated carbocycles. The Hall–Kier alpha value is -1.56. The fraction of sp³-hybridized carbons (Fsp3) is 0.333. The minimum Gasteiger partial charge on any atom is -0.292 e. The van der Waals surface area contributed by atoms with Gasteiger partial charge in [-0.2, -0.15) is 5.11 Å². The van der Waals surface area contributed by atoms with E-state index in [1.165, 1.54) is 12.3 Å². The molecule has 2 heterocycles. The van der Waals surface area contributed by atoms with E-state index in [9.17, 15) is 9.59 Å². The predicted molar refractivity (Wildman–Crippen MR) is 39.8 cm³/mol. The van der Waals surface area contributed by atoms with E-state index in [2.05, 4.69) is 21.1 Å². The van der Waals surface area contributed by atoms with Gasteiger partial charge in [0.05, 0.1) is 6.20 Å². The molecule has 0 radical (unpaired) electrons. The lowest BCUT2D eigenvalue weighted by Crippen LogP contribution is -2.25. The highest BCUT2D eigenvalue weighted by Crippen LogP contribution is 1.90. The molecule has 0 aromatic carbocycles. The molecule has 2 aliphatic rings. The first-order valence-corrected chi connectivity index (χ1v) is 3.42. The Bertz CT molecular complexity index is 224. The van der Waals surface area contributed by atoms with Gasteiger partial charge in [-0.1, -0.05) is 0 Å². The monoisotopic (exact) mass is 168 g/mol. The zero-order valence-electron chi connectivity index (χ0n) is 6.28. The molecular weight excluding hydrogens is 160 g/mol. The molecule has 12 heavy (non-hydrogen) atoms. The molecule has 1 fully saturated rings. The Labute approximate surface area is 68.7 Å². The van der Waals surface area contributed by atoms with Crippen molar-refractivity contribution in [3.8, 4) is 0 Å². The van der Waals surface area contributed by atoms with Crippen molar-refractivity contribution in [2.24, 2.45) is 10.2 Å². The van der Waals surface area contributed by atoms with Crippen molar-refractivity contribution < 1.29 is 9.59 Å². The second kappa shape index (κ2) is 4.35. The number of amides is 2. The first kappa shape index (κ1) is 8.54. The van der Waals surface area contributed by atoms with Crippen molar-refractivity contribution in [2.45, 2.75) is 6.42 Å². The van der Waals surface area contributed by atoms with E-state index in [0.29, 0.717) is 6.42 Å². The number of azo groups is 1. The molecule has 0 aromatic heterocycles. The quantitative estimate of drug-likeness (QED) is 0.511. The highest BCUT2D eigenvalue weighted by molar-refractivity contribution is 5.89. The third kappa shape index (κ3) is 3.02. The van der Waals surface area contributed by atoms with Crippen LogP contribution < -0.4 is 10.9 Å². The van der Waals surface area contributed by atoms with E-state index in [1.807, 2.05) is 0 Å². The van der Waals surface area contributed by atoms with Crippen LogP contribution >= 0.6 is 0 Å².